The zero-order chi connectivity index (χ0) is 13.7. The highest BCUT2D eigenvalue weighted by Crippen LogP contribution is 2.13. The van der Waals surface area contributed by atoms with Crippen LogP contribution in [0.25, 0.3) is 0 Å². The van der Waals surface area contributed by atoms with Gasteiger partial charge in [-0.25, -0.2) is 4.98 Å². The number of aromatic nitrogens is 1. The van der Waals surface area contributed by atoms with Crippen LogP contribution in [0.15, 0.2) is 35.2 Å². The summed E-state index contributed by atoms with van der Waals surface area (Å²) in [5.74, 6) is 0. The number of nitrogens with one attached hydrogen (secondary N) is 1. The highest BCUT2D eigenvalue weighted by Gasteiger charge is 2.07. The molecule has 0 aliphatic heterocycles. The molecule has 0 bridgehead atoms. The summed E-state index contributed by atoms with van der Waals surface area (Å²) in [4.78, 5) is 14.4. The van der Waals surface area contributed by atoms with E-state index in [9.17, 15) is 10.1 Å². The van der Waals surface area contributed by atoms with Crippen LogP contribution in [0, 0.1) is 10.1 Å². The van der Waals surface area contributed by atoms with Crippen molar-refractivity contribution >= 4 is 17.0 Å². The summed E-state index contributed by atoms with van der Waals surface area (Å²) in [6, 6.07) is 6.91. The summed E-state index contributed by atoms with van der Waals surface area (Å²) in [5.41, 5.74) is 4.09. The Morgan fingerprint density at radius 3 is 2.74 bits per heavy atom. The van der Waals surface area contributed by atoms with Crippen LogP contribution in [0.1, 0.15) is 24.2 Å². The smallest absolute Gasteiger partial charge is 0.269 e. The number of nitro groups is 1. The van der Waals surface area contributed by atoms with Gasteiger partial charge in [0.25, 0.3) is 5.69 Å². The van der Waals surface area contributed by atoms with Gasteiger partial charge in [0.15, 0.2) is 0 Å². The molecule has 0 aliphatic rings. The summed E-state index contributed by atoms with van der Waals surface area (Å²) < 4.78 is 0. The first-order chi connectivity index (χ1) is 9.16. The quantitative estimate of drug-likeness (QED) is 0.651. The van der Waals surface area contributed by atoms with Crippen molar-refractivity contribution in [1.82, 2.24) is 10.3 Å². The van der Waals surface area contributed by atoms with Crippen molar-refractivity contribution in [2.75, 3.05) is 6.54 Å². The average Bonchev–Trinajstić information content (AvgIpc) is 2.93. The van der Waals surface area contributed by atoms with Crippen molar-refractivity contribution in [3.63, 3.8) is 0 Å². The zero-order valence-electron chi connectivity index (χ0n) is 10.6. The SMILES string of the molecule is CC(NCCc1ccc([N+](=O)[O-])cc1)c1cscn1. The maximum absolute atomic E-state index is 10.5. The van der Waals surface area contributed by atoms with E-state index in [1.807, 2.05) is 10.9 Å². The second-order valence-electron chi connectivity index (χ2n) is 4.26. The molecule has 100 valence electrons. The van der Waals surface area contributed by atoms with Crippen molar-refractivity contribution in [2.24, 2.45) is 0 Å². The molecule has 1 aromatic heterocycles. The van der Waals surface area contributed by atoms with Gasteiger partial charge in [0, 0.05) is 23.6 Å². The minimum atomic E-state index is -0.383. The lowest BCUT2D eigenvalue weighted by Gasteiger charge is -2.11. The van der Waals surface area contributed by atoms with Crippen LogP contribution in [0.3, 0.4) is 0 Å². The molecule has 0 fully saturated rings. The molecule has 0 aliphatic carbocycles. The number of hydrogen-bond donors (Lipinski definition) is 1. The molecule has 5 nitrogen and oxygen atoms in total. The Labute approximate surface area is 115 Å². The maximum Gasteiger partial charge on any atom is 0.269 e. The Kier molecular flexibility index (Phi) is 4.59. The molecule has 1 heterocycles. The number of nitrogens with zero attached hydrogens (tertiary/aromatic N) is 2. The Bertz CT molecular complexity index is 525. The molecule has 1 atom stereocenters. The standard InChI is InChI=1S/C13H15N3O2S/c1-10(13-8-19-9-15-13)14-7-6-11-2-4-12(5-3-11)16(17)18/h2-5,8-10,14H,6-7H2,1H3. The number of thiazole rings is 1. The van der Waals surface area contributed by atoms with Crippen molar-refractivity contribution in [1.29, 1.82) is 0 Å². The Morgan fingerprint density at radius 1 is 1.42 bits per heavy atom. The van der Waals surface area contributed by atoms with Gasteiger partial charge < -0.3 is 5.32 Å². The minimum absolute atomic E-state index is 0.132. The molecule has 19 heavy (non-hydrogen) atoms. The molecule has 2 aromatic rings. The van der Waals surface area contributed by atoms with E-state index in [0.29, 0.717) is 0 Å². The van der Waals surface area contributed by atoms with E-state index >= 15 is 0 Å². The molecular weight excluding hydrogens is 262 g/mol. The molecule has 0 radical (unpaired) electrons. The molecule has 0 saturated heterocycles. The van der Waals surface area contributed by atoms with Crippen LogP contribution in [0.5, 0.6) is 0 Å². The first kappa shape index (κ1) is 13.6. The highest BCUT2D eigenvalue weighted by molar-refractivity contribution is 7.07. The average molecular weight is 277 g/mol. The first-order valence-corrected chi connectivity index (χ1v) is 6.96. The van der Waals surface area contributed by atoms with Crippen LogP contribution in [-0.2, 0) is 6.42 Å². The third-order valence-electron chi connectivity index (χ3n) is 2.91. The molecule has 0 spiro atoms. The minimum Gasteiger partial charge on any atom is -0.308 e. The molecule has 0 saturated carbocycles. The van der Waals surface area contributed by atoms with Gasteiger partial charge in [0.1, 0.15) is 0 Å². The van der Waals surface area contributed by atoms with E-state index < -0.39 is 0 Å². The van der Waals surface area contributed by atoms with E-state index in [0.717, 1.165) is 24.2 Å². The largest absolute Gasteiger partial charge is 0.308 e. The fraction of sp³-hybridized carbons (Fsp3) is 0.308. The third-order valence-corrected chi connectivity index (χ3v) is 3.51. The van der Waals surface area contributed by atoms with Crippen molar-refractivity contribution < 1.29 is 4.92 Å². The molecule has 1 N–H and O–H groups in total. The van der Waals surface area contributed by atoms with Crippen LogP contribution in [0.2, 0.25) is 0 Å². The molecule has 1 unspecified atom stereocenters. The van der Waals surface area contributed by atoms with Gasteiger partial charge in [-0.2, -0.15) is 0 Å². The van der Waals surface area contributed by atoms with Crippen LogP contribution < -0.4 is 5.32 Å². The fourth-order valence-electron chi connectivity index (χ4n) is 1.76. The predicted octanol–water partition coefficient (Wildman–Crippen LogP) is 2.94. The predicted molar refractivity (Wildman–Crippen MR) is 75.3 cm³/mol. The van der Waals surface area contributed by atoms with Gasteiger partial charge in [-0.3, -0.25) is 10.1 Å². The number of non-ortho nitro benzene ring substituents is 1. The van der Waals surface area contributed by atoms with Gasteiger partial charge in [-0.1, -0.05) is 12.1 Å². The van der Waals surface area contributed by atoms with Gasteiger partial charge in [0.2, 0.25) is 0 Å². The summed E-state index contributed by atoms with van der Waals surface area (Å²) in [6.45, 7) is 2.89. The van der Waals surface area contributed by atoms with Gasteiger partial charge in [0.05, 0.1) is 16.1 Å². The number of nitro benzene ring substituents is 1. The Balaban J connectivity index is 1.81. The summed E-state index contributed by atoms with van der Waals surface area (Å²) in [7, 11) is 0. The molecule has 6 heteroatoms. The van der Waals surface area contributed by atoms with Gasteiger partial charge >= 0.3 is 0 Å². The van der Waals surface area contributed by atoms with Crippen molar-refractivity contribution in [2.45, 2.75) is 19.4 Å². The topological polar surface area (TPSA) is 68.1 Å². The van der Waals surface area contributed by atoms with E-state index in [1.54, 1.807) is 35.6 Å². The molecule has 2 rings (SSSR count). The number of rotatable bonds is 6. The molecule has 0 amide bonds. The summed E-state index contributed by atoms with van der Waals surface area (Å²) >= 11 is 1.59. The van der Waals surface area contributed by atoms with E-state index in [2.05, 4.69) is 17.2 Å². The normalized spacial score (nSPS) is 12.3. The van der Waals surface area contributed by atoms with Gasteiger partial charge in [-0.05, 0) is 25.5 Å². The number of benzene rings is 1. The van der Waals surface area contributed by atoms with E-state index in [4.69, 9.17) is 0 Å². The summed E-state index contributed by atoms with van der Waals surface area (Å²) in [6.07, 6.45) is 0.840. The van der Waals surface area contributed by atoms with Crippen molar-refractivity contribution in [3.8, 4) is 0 Å². The maximum atomic E-state index is 10.5. The number of hydrogen-bond acceptors (Lipinski definition) is 5. The first-order valence-electron chi connectivity index (χ1n) is 6.01. The summed E-state index contributed by atoms with van der Waals surface area (Å²) in [5, 5.41) is 15.9. The van der Waals surface area contributed by atoms with Crippen LogP contribution in [0.4, 0.5) is 5.69 Å². The molecule has 1 aromatic carbocycles. The lowest BCUT2D eigenvalue weighted by molar-refractivity contribution is -0.384. The van der Waals surface area contributed by atoms with E-state index in [-0.39, 0.29) is 16.7 Å². The molecular formula is C13H15N3O2S. The Hall–Kier alpha value is -1.79. The van der Waals surface area contributed by atoms with Gasteiger partial charge in [-0.15, -0.1) is 11.3 Å². The van der Waals surface area contributed by atoms with Crippen LogP contribution >= 0.6 is 11.3 Å². The third kappa shape index (κ3) is 3.84. The second-order valence-corrected chi connectivity index (χ2v) is 4.98. The fourth-order valence-corrected chi connectivity index (χ4v) is 2.41. The van der Waals surface area contributed by atoms with Crippen molar-refractivity contribution in [3.05, 3.63) is 56.5 Å². The lowest BCUT2D eigenvalue weighted by atomic mass is 10.1. The lowest BCUT2D eigenvalue weighted by Crippen LogP contribution is -2.21. The highest BCUT2D eigenvalue weighted by atomic mass is 32.1. The second kappa shape index (κ2) is 6.40. The zero-order valence-corrected chi connectivity index (χ0v) is 11.4. The monoisotopic (exact) mass is 277 g/mol. The van der Waals surface area contributed by atoms with E-state index in [1.165, 1.54) is 0 Å². The Morgan fingerprint density at radius 2 is 2.16 bits per heavy atom. The van der Waals surface area contributed by atoms with Crippen LogP contribution in [-0.4, -0.2) is 16.5 Å².